The summed E-state index contributed by atoms with van der Waals surface area (Å²) in [6.07, 6.45) is 4.98. The third-order valence-electron chi connectivity index (χ3n) is 6.02. The van der Waals surface area contributed by atoms with E-state index in [1.54, 1.807) is 0 Å². The van der Waals surface area contributed by atoms with Crippen molar-refractivity contribution >= 4 is 0 Å². The van der Waals surface area contributed by atoms with Crippen LogP contribution in [0.3, 0.4) is 0 Å². The van der Waals surface area contributed by atoms with E-state index < -0.39 is 0 Å². The fourth-order valence-electron chi connectivity index (χ4n) is 4.36. The molecule has 4 aromatic rings. The van der Waals surface area contributed by atoms with Crippen LogP contribution < -0.4 is 4.57 Å². The summed E-state index contributed by atoms with van der Waals surface area (Å²) >= 11 is 0. The smallest absolute Gasteiger partial charge is 0.189 e. The summed E-state index contributed by atoms with van der Waals surface area (Å²) in [7, 11) is 0. The second-order valence-corrected chi connectivity index (χ2v) is 8.33. The molecule has 156 valence electrons. The Morgan fingerprint density at radius 2 is 1.03 bits per heavy atom. The van der Waals surface area contributed by atoms with Gasteiger partial charge in [0.05, 0.1) is 0 Å². The average molecular weight is 407 g/mol. The fourth-order valence-corrected chi connectivity index (χ4v) is 4.36. The Bertz CT molecular complexity index is 1020. The summed E-state index contributed by atoms with van der Waals surface area (Å²) in [6, 6.07) is 37.5. The topological polar surface area (TPSA) is 3.88 Å². The summed E-state index contributed by atoms with van der Waals surface area (Å²) in [6.45, 7) is 4.65. The zero-order valence-electron chi connectivity index (χ0n) is 18.7. The Hall–Kier alpha value is -3.19. The van der Waals surface area contributed by atoms with E-state index in [0.717, 1.165) is 0 Å². The van der Waals surface area contributed by atoms with Crippen LogP contribution in [0.25, 0.3) is 33.6 Å². The van der Waals surface area contributed by atoms with E-state index in [1.165, 1.54) is 59.3 Å². The summed E-state index contributed by atoms with van der Waals surface area (Å²) in [5.74, 6) is 0. The predicted octanol–water partition coefficient (Wildman–Crippen LogP) is 8.12. The Morgan fingerprint density at radius 3 is 1.48 bits per heavy atom. The van der Waals surface area contributed by atoms with E-state index in [9.17, 15) is 0 Å². The lowest BCUT2D eigenvalue weighted by Gasteiger charge is -2.17. The highest BCUT2D eigenvalue weighted by molar-refractivity contribution is 5.73. The minimum atomic E-state index is 0.418. The highest BCUT2D eigenvalue weighted by Gasteiger charge is 2.26. The Balaban J connectivity index is 1.95. The van der Waals surface area contributed by atoms with E-state index in [1.807, 2.05) is 0 Å². The highest BCUT2D eigenvalue weighted by Crippen LogP contribution is 2.31. The van der Waals surface area contributed by atoms with Gasteiger partial charge in [-0.05, 0) is 48.7 Å². The minimum Gasteiger partial charge on any atom is -0.189 e. The Labute approximate surface area is 187 Å². The van der Waals surface area contributed by atoms with Crippen LogP contribution in [0.15, 0.2) is 103 Å². The van der Waals surface area contributed by atoms with Gasteiger partial charge in [0.2, 0.25) is 11.4 Å². The molecule has 0 fully saturated rings. The molecule has 0 spiro atoms. The molecular weight excluding hydrogens is 374 g/mol. The standard InChI is InChI=1S/C30H32N/c1-3-4-8-15-24(2)31-29(26-18-11-6-12-19-26)22-28(25-16-9-5-10-17-25)23-30(31)27-20-13-7-14-21-27/h5-7,9-14,16-24H,3-4,8,15H2,1-2H3/q+1. The molecule has 4 rings (SSSR count). The number of hydrogen-bond donors (Lipinski definition) is 0. The van der Waals surface area contributed by atoms with Crippen molar-refractivity contribution in [3.63, 3.8) is 0 Å². The molecule has 0 aliphatic carbocycles. The van der Waals surface area contributed by atoms with Crippen molar-refractivity contribution in [2.75, 3.05) is 0 Å². The van der Waals surface area contributed by atoms with Crippen molar-refractivity contribution in [1.82, 2.24) is 0 Å². The molecule has 0 saturated carbocycles. The van der Waals surface area contributed by atoms with E-state index in [0.29, 0.717) is 6.04 Å². The lowest BCUT2D eigenvalue weighted by atomic mass is 9.97. The first-order valence-corrected chi connectivity index (χ1v) is 11.5. The third kappa shape index (κ3) is 4.94. The highest BCUT2D eigenvalue weighted by atomic mass is 15.0. The lowest BCUT2D eigenvalue weighted by Crippen LogP contribution is -2.42. The minimum absolute atomic E-state index is 0.418. The van der Waals surface area contributed by atoms with Gasteiger partial charge in [-0.2, -0.15) is 4.57 Å². The largest absolute Gasteiger partial charge is 0.213 e. The second-order valence-electron chi connectivity index (χ2n) is 8.33. The predicted molar refractivity (Wildman–Crippen MR) is 132 cm³/mol. The molecule has 0 aliphatic heterocycles. The number of pyridine rings is 1. The van der Waals surface area contributed by atoms with Crippen molar-refractivity contribution in [3.05, 3.63) is 103 Å². The van der Waals surface area contributed by atoms with E-state index in [-0.39, 0.29) is 0 Å². The van der Waals surface area contributed by atoms with Crippen LogP contribution in [0.4, 0.5) is 0 Å². The molecule has 0 radical (unpaired) electrons. The maximum Gasteiger partial charge on any atom is 0.213 e. The number of hydrogen-bond acceptors (Lipinski definition) is 0. The van der Waals surface area contributed by atoms with Crippen LogP contribution >= 0.6 is 0 Å². The second kappa shape index (κ2) is 10.2. The molecular formula is C30H32N+. The van der Waals surface area contributed by atoms with Gasteiger partial charge >= 0.3 is 0 Å². The molecule has 1 aromatic heterocycles. The van der Waals surface area contributed by atoms with Gasteiger partial charge in [0.1, 0.15) is 0 Å². The van der Waals surface area contributed by atoms with Crippen LogP contribution in [0.1, 0.15) is 45.6 Å². The van der Waals surface area contributed by atoms with Crippen LogP contribution in [0.5, 0.6) is 0 Å². The number of benzene rings is 3. The average Bonchev–Trinajstić information content (AvgIpc) is 2.85. The van der Waals surface area contributed by atoms with Gasteiger partial charge in [-0.25, -0.2) is 0 Å². The van der Waals surface area contributed by atoms with Gasteiger partial charge in [-0.1, -0.05) is 86.5 Å². The number of aromatic nitrogens is 1. The molecule has 1 heterocycles. The van der Waals surface area contributed by atoms with Crippen LogP contribution in [0.2, 0.25) is 0 Å². The molecule has 3 aromatic carbocycles. The first-order chi connectivity index (χ1) is 15.3. The molecule has 1 nitrogen and oxygen atoms in total. The monoisotopic (exact) mass is 406 g/mol. The number of rotatable bonds is 8. The SMILES string of the molecule is CCCCCC(C)[n+]1c(-c2ccccc2)cc(-c2ccccc2)cc1-c1ccccc1. The first-order valence-electron chi connectivity index (χ1n) is 11.5. The normalized spacial score (nSPS) is 11.9. The van der Waals surface area contributed by atoms with E-state index >= 15 is 0 Å². The van der Waals surface area contributed by atoms with Crippen molar-refractivity contribution in [1.29, 1.82) is 0 Å². The van der Waals surface area contributed by atoms with Crippen LogP contribution in [0, 0.1) is 0 Å². The molecule has 0 bridgehead atoms. The van der Waals surface area contributed by atoms with Crippen LogP contribution in [-0.2, 0) is 0 Å². The lowest BCUT2D eigenvalue weighted by molar-refractivity contribution is -0.699. The summed E-state index contributed by atoms with van der Waals surface area (Å²) in [5.41, 5.74) is 7.60. The molecule has 1 unspecified atom stereocenters. The maximum absolute atomic E-state index is 2.56. The Morgan fingerprint density at radius 1 is 0.581 bits per heavy atom. The molecule has 1 atom stereocenters. The van der Waals surface area contributed by atoms with Gasteiger partial charge in [0.15, 0.2) is 6.04 Å². The van der Waals surface area contributed by atoms with Crippen LogP contribution in [-0.4, -0.2) is 0 Å². The van der Waals surface area contributed by atoms with Gasteiger partial charge in [0.25, 0.3) is 0 Å². The first kappa shape index (κ1) is 21.1. The summed E-state index contributed by atoms with van der Waals surface area (Å²) in [5, 5.41) is 0. The van der Waals surface area contributed by atoms with Crippen molar-refractivity contribution in [2.45, 2.75) is 45.6 Å². The van der Waals surface area contributed by atoms with Gasteiger partial charge < -0.3 is 0 Å². The summed E-state index contributed by atoms with van der Waals surface area (Å²) < 4.78 is 2.56. The Kier molecular flexibility index (Phi) is 6.94. The zero-order chi connectivity index (χ0) is 21.5. The third-order valence-corrected chi connectivity index (χ3v) is 6.02. The molecule has 0 saturated heterocycles. The molecule has 0 amide bonds. The molecule has 1 heteroatoms. The summed E-state index contributed by atoms with van der Waals surface area (Å²) in [4.78, 5) is 0. The van der Waals surface area contributed by atoms with Gasteiger partial charge in [0, 0.05) is 29.7 Å². The van der Waals surface area contributed by atoms with E-state index in [4.69, 9.17) is 0 Å². The quantitative estimate of drug-likeness (QED) is 0.205. The fraction of sp³-hybridized carbons (Fsp3) is 0.233. The molecule has 0 aliphatic rings. The van der Waals surface area contributed by atoms with Crippen molar-refractivity contribution in [2.24, 2.45) is 0 Å². The number of unbranched alkanes of at least 4 members (excludes halogenated alkanes) is 2. The zero-order valence-corrected chi connectivity index (χ0v) is 18.7. The molecule has 31 heavy (non-hydrogen) atoms. The van der Waals surface area contributed by atoms with Gasteiger partial charge in [-0.15, -0.1) is 0 Å². The van der Waals surface area contributed by atoms with Gasteiger partial charge in [-0.3, -0.25) is 0 Å². The van der Waals surface area contributed by atoms with E-state index in [2.05, 4.69) is 122 Å². The molecule has 0 N–H and O–H groups in total. The van der Waals surface area contributed by atoms with Crippen molar-refractivity contribution in [3.8, 4) is 33.6 Å². The maximum atomic E-state index is 2.56. The number of nitrogens with zero attached hydrogens (tertiary/aromatic N) is 1. The van der Waals surface area contributed by atoms with Crippen molar-refractivity contribution < 1.29 is 4.57 Å².